The van der Waals surface area contributed by atoms with Gasteiger partial charge in [0.2, 0.25) is 0 Å². The molecule has 0 aliphatic carbocycles. The highest BCUT2D eigenvalue weighted by Crippen LogP contribution is 2.18. The molecule has 0 radical (unpaired) electrons. The maximum absolute atomic E-state index is 13.0. The Hall–Kier alpha value is -1.07. The predicted octanol–water partition coefficient (Wildman–Crippen LogP) is 2.76. The van der Waals surface area contributed by atoms with E-state index in [0.29, 0.717) is 18.7 Å². The van der Waals surface area contributed by atoms with Gasteiger partial charge in [0.25, 0.3) is 6.43 Å². The lowest BCUT2D eigenvalue weighted by molar-refractivity contribution is -0.0245. The van der Waals surface area contributed by atoms with Crippen molar-refractivity contribution in [3.05, 3.63) is 35.6 Å². The molecule has 0 fully saturated rings. The summed E-state index contributed by atoms with van der Waals surface area (Å²) in [7, 11) is 0. The van der Waals surface area contributed by atoms with Gasteiger partial charge < -0.3 is 10.1 Å². The van der Waals surface area contributed by atoms with Gasteiger partial charge in [-0.05, 0) is 24.2 Å². The van der Waals surface area contributed by atoms with E-state index < -0.39 is 25.0 Å². The van der Waals surface area contributed by atoms with Gasteiger partial charge in [0.15, 0.2) is 0 Å². The number of benzene rings is 1. The summed E-state index contributed by atoms with van der Waals surface area (Å²) in [6, 6.07) is 5.81. The third kappa shape index (κ3) is 5.19. The quantitative estimate of drug-likeness (QED) is 0.800. The van der Waals surface area contributed by atoms with Gasteiger partial charge in [-0.3, -0.25) is 0 Å². The van der Waals surface area contributed by atoms with Crippen LogP contribution in [0.1, 0.15) is 18.6 Å². The normalized spacial score (nSPS) is 13.0. The minimum absolute atomic E-state index is 0.382. The first-order valence-corrected chi connectivity index (χ1v) is 5.49. The monoisotopic (exact) mass is 247 g/mol. The van der Waals surface area contributed by atoms with Gasteiger partial charge in [-0.2, -0.15) is 0 Å². The zero-order valence-corrected chi connectivity index (χ0v) is 9.63. The maximum atomic E-state index is 13.0. The van der Waals surface area contributed by atoms with E-state index in [0.717, 1.165) is 0 Å². The highest BCUT2D eigenvalue weighted by Gasteiger charge is 2.14. The van der Waals surface area contributed by atoms with Crippen molar-refractivity contribution in [1.82, 2.24) is 5.32 Å². The number of halogens is 3. The number of likely N-dealkylation sites (N-methyl/N-ethyl adjacent to an activating group) is 1. The first kappa shape index (κ1) is 14.0. The van der Waals surface area contributed by atoms with Gasteiger partial charge >= 0.3 is 0 Å². The molecule has 1 rings (SSSR count). The number of nitrogens with one attached hydrogen (secondary N) is 1. The first-order chi connectivity index (χ1) is 8.13. The average Bonchev–Trinajstić information content (AvgIpc) is 2.29. The largest absolute Gasteiger partial charge is 0.366 e. The van der Waals surface area contributed by atoms with Gasteiger partial charge in [0.05, 0.1) is 6.10 Å². The molecule has 2 nitrogen and oxygen atoms in total. The molecule has 0 heterocycles. The van der Waals surface area contributed by atoms with Gasteiger partial charge in [-0.1, -0.05) is 19.1 Å². The Labute approximate surface area is 98.8 Å². The van der Waals surface area contributed by atoms with Crippen LogP contribution in [0.15, 0.2) is 24.3 Å². The van der Waals surface area contributed by atoms with Crippen LogP contribution < -0.4 is 5.32 Å². The zero-order valence-electron chi connectivity index (χ0n) is 9.63. The number of ether oxygens (including phenoxy) is 1. The Morgan fingerprint density at radius 3 is 2.71 bits per heavy atom. The zero-order chi connectivity index (χ0) is 12.7. The van der Waals surface area contributed by atoms with Crippen molar-refractivity contribution < 1.29 is 17.9 Å². The Bertz CT molecular complexity index is 333. The summed E-state index contributed by atoms with van der Waals surface area (Å²) in [5.41, 5.74) is 0.562. The van der Waals surface area contributed by atoms with Crippen LogP contribution in [-0.2, 0) is 4.74 Å². The molecule has 17 heavy (non-hydrogen) atoms. The highest BCUT2D eigenvalue weighted by atomic mass is 19.3. The molecule has 0 aliphatic rings. The lowest BCUT2D eigenvalue weighted by Gasteiger charge is -2.18. The minimum Gasteiger partial charge on any atom is -0.366 e. The molecule has 1 N–H and O–H groups in total. The van der Waals surface area contributed by atoms with Gasteiger partial charge in [-0.15, -0.1) is 0 Å². The Kier molecular flexibility index (Phi) is 6.00. The summed E-state index contributed by atoms with van der Waals surface area (Å²) in [6.45, 7) is 2.33. The number of alkyl halides is 2. The van der Waals surface area contributed by atoms with E-state index in [2.05, 4.69) is 5.32 Å². The third-order valence-corrected chi connectivity index (χ3v) is 2.22. The molecule has 0 aromatic heterocycles. The molecule has 1 aromatic carbocycles. The fraction of sp³-hybridized carbons (Fsp3) is 0.500. The van der Waals surface area contributed by atoms with Gasteiger partial charge in [0, 0.05) is 6.54 Å². The van der Waals surface area contributed by atoms with E-state index in [1.807, 2.05) is 6.92 Å². The SMILES string of the molecule is CCNCC(OCC(F)F)c1cccc(F)c1. The van der Waals surface area contributed by atoms with Crippen molar-refractivity contribution in [2.45, 2.75) is 19.5 Å². The lowest BCUT2D eigenvalue weighted by Crippen LogP contribution is -2.24. The summed E-state index contributed by atoms with van der Waals surface area (Å²) in [6.07, 6.45) is -3.08. The van der Waals surface area contributed by atoms with Crippen LogP contribution in [0.2, 0.25) is 0 Å². The fourth-order valence-corrected chi connectivity index (χ4v) is 1.44. The van der Waals surface area contributed by atoms with Crippen molar-refractivity contribution in [2.75, 3.05) is 19.7 Å². The van der Waals surface area contributed by atoms with Crippen LogP contribution in [0, 0.1) is 5.82 Å². The van der Waals surface area contributed by atoms with Crippen LogP contribution in [0.25, 0.3) is 0 Å². The molecular weight excluding hydrogens is 231 g/mol. The molecule has 0 saturated heterocycles. The Balaban J connectivity index is 2.67. The summed E-state index contributed by atoms with van der Waals surface area (Å²) < 4.78 is 42.3. The number of hydrogen-bond donors (Lipinski definition) is 1. The van der Waals surface area contributed by atoms with E-state index in [4.69, 9.17) is 4.74 Å². The summed E-state index contributed by atoms with van der Waals surface area (Å²) in [4.78, 5) is 0. The van der Waals surface area contributed by atoms with E-state index in [9.17, 15) is 13.2 Å². The van der Waals surface area contributed by atoms with Crippen molar-refractivity contribution in [2.24, 2.45) is 0 Å². The number of hydrogen-bond acceptors (Lipinski definition) is 2. The van der Waals surface area contributed by atoms with Crippen molar-refractivity contribution >= 4 is 0 Å². The molecule has 0 spiro atoms. The molecule has 0 aliphatic heterocycles. The second-order valence-corrected chi connectivity index (χ2v) is 3.58. The van der Waals surface area contributed by atoms with Gasteiger partial charge in [-0.25, -0.2) is 13.2 Å². The van der Waals surface area contributed by atoms with E-state index in [1.165, 1.54) is 18.2 Å². The summed E-state index contributed by atoms with van der Waals surface area (Å²) >= 11 is 0. The van der Waals surface area contributed by atoms with Crippen LogP contribution in [-0.4, -0.2) is 26.1 Å². The van der Waals surface area contributed by atoms with E-state index in [1.54, 1.807) is 6.07 Å². The molecule has 1 atom stereocenters. The topological polar surface area (TPSA) is 21.3 Å². The standard InChI is InChI=1S/C12H16F3NO/c1-2-16-7-11(17-8-12(14)15)9-4-3-5-10(13)6-9/h3-6,11-12,16H,2,7-8H2,1H3. The Morgan fingerprint density at radius 2 is 2.12 bits per heavy atom. The number of rotatable bonds is 7. The second kappa shape index (κ2) is 7.29. The minimum atomic E-state index is -2.52. The van der Waals surface area contributed by atoms with E-state index >= 15 is 0 Å². The molecule has 1 unspecified atom stereocenters. The third-order valence-electron chi connectivity index (χ3n) is 2.22. The molecule has 5 heteroatoms. The van der Waals surface area contributed by atoms with Crippen LogP contribution >= 0.6 is 0 Å². The second-order valence-electron chi connectivity index (χ2n) is 3.58. The molecular formula is C12H16F3NO. The van der Waals surface area contributed by atoms with Crippen LogP contribution in [0.3, 0.4) is 0 Å². The highest BCUT2D eigenvalue weighted by molar-refractivity contribution is 5.19. The fourth-order valence-electron chi connectivity index (χ4n) is 1.44. The van der Waals surface area contributed by atoms with Gasteiger partial charge in [0.1, 0.15) is 12.4 Å². The van der Waals surface area contributed by atoms with Crippen molar-refractivity contribution in [1.29, 1.82) is 0 Å². The van der Waals surface area contributed by atoms with Crippen molar-refractivity contribution in [3.8, 4) is 0 Å². The summed E-state index contributed by atoms with van der Waals surface area (Å²) in [5.74, 6) is -0.398. The average molecular weight is 247 g/mol. The van der Waals surface area contributed by atoms with E-state index in [-0.39, 0.29) is 0 Å². The molecule has 96 valence electrons. The Morgan fingerprint density at radius 1 is 1.35 bits per heavy atom. The molecule has 1 aromatic rings. The van der Waals surface area contributed by atoms with Crippen LogP contribution in [0.4, 0.5) is 13.2 Å². The molecule has 0 amide bonds. The molecule has 0 saturated carbocycles. The maximum Gasteiger partial charge on any atom is 0.261 e. The van der Waals surface area contributed by atoms with Crippen molar-refractivity contribution in [3.63, 3.8) is 0 Å². The predicted molar refractivity (Wildman–Crippen MR) is 59.6 cm³/mol. The molecule has 0 bridgehead atoms. The first-order valence-electron chi connectivity index (χ1n) is 5.49. The van der Waals surface area contributed by atoms with Crippen LogP contribution in [0.5, 0.6) is 0 Å². The summed E-state index contributed by atoms with van der Waals surface area (Å²) in [5, 5.41) is 3.00. The lowest BCUT2D eigenvalue weighted by atomic mass is 10.1. The smallest absolute Gasteiger partial charge is 0.261 e.